The Hall–Kier alpha value is -0.910. The van der Waals surface area contributed by atoms with Gasteiger partial charge in [-0.15, -0.1) is 0 Å². The predicted octanol–water partition coefficient (Wildman–Crippen LogP) is 0.643. The summed E-state index contributed by atoms with van der Waals surface area (Å²) in [6.07, 6.45) is 1.42. The van der Waals surface area contributed by atoms with E-state index in [2.05, 4.69) is 6.58 Å². The molecule has 0 aromatic carbocycles. The maximum atomic E-state index is 9.25. The number of hydrogen-bond donors (Lipinski definition) is 4. The molecule has 0 fully saturated rings. The van der Waals surface area contributed by atoms with E-state index in [9.17, 15) is 4.79 Å². The summed E-state index contributed by atoms with van der Waals surface area (Å²) in [6, 6.07) is 0. The van der Waals surface area contributed by atoms with E-state index in [1.165, 1.54) is 0 Å². The van der Waals surface area contributed by atoms with Crippen molar-refractivity contribution < 1.29 is 25.2 Å². The molecule has 0 saturated carbocycles. The number of hydrogen-bond acceptors (Lipinski definition) is 4. The van der Waals surface area contributed by atoms with Gasteiger partial charge >= 0.3 is 5.97 Å². The van der Waals surface area contributed by atoms with Crippen molar-refractivity contribution >= 4 is 5.97 Å². The minimum Gasteiger partial charge on any atom is -0.478 e. The molecule has 0 spiro atoms. The van der Waals surface area contributed by atoms with Gasteiger partial charge in [0.2, 0.25) is 0 Å². The molecule has 0 unspecified atom stereocenters. The first-order chi connectivity index (χ1) is 7.70. The Morgan fingerprint density at radius 1 is 1.18 bits per heavy atom. The lowest BCUT2D eigenvalue weighted by Gasteiger charge is -2.41. The number of aliphatic carboxylic acids is 1. The average molecular weight is 248 g/mol. The van der Waals surface area contributed by atoms with Gasteiger partial charge in [-0.05, 0) is 11.8 Å². The average Bonchev–Trinajstić information content (AvgIpc) is 2.28. The van der Waals surface area contributed by atoms with Gasteiger partial charge in [0.15, 0.2) is 0 Å². The lowest BCUT2D eigenvalue weighted by Crippen LogP contribution is -2.42. The van der Waals surface area contributed by atoms with Crippen LogP contribution < -0.4 is 0 Å². The largest absolute Gasteiger partial charge is 0.478 e. The van der Waals surface area contributed by atoms with E-state index in [1.54, 1.807) is 0 Å². The van der Waals surface area contributed by atoms with Crippen molar-refractivity contribution in [2.75, 3.05) is 19.8 Å². The molecule has 0 bridgehead atoms. The van der Waals surface area contributed by atoms with Crippen molar-refractivity contribution in [3.05, 3.63) is 12.7 Å². The second-order valence-electron chi connectivity index (χ2n) is 4.78. The van der Waals surface area contributed by atoms with Crippen molar-refractivity contribution in [1.29, 1.82) is 0 Å². The van der Waals surface area contributed by atoms with Crippen LogP contribution in [0.25, 0.3) is 0 Å². The fraction of sp³-hybridized carbons (Fsp3) is 0.750. The highest BCUT2D eigenvalue weighted by molar-refractivity contribution is 5.78. The molecule has 0 saturated heterocycles. The summed E-state index contributed by atoms with van der Waals surface area (Å²) < 4.78 is 0. The summed E-state index contributed by atoms with van der Waals surface area (Å²) in [7, 11) is 0. The molecule has 4 N–H and O–H groups in total. The lowest BCUT2D eigenvalue weighted by molar-refractivity contribution is -0.131. The highest BCUT2D eigenvalue weighted by atomic mass is 16.4. The van der Waals surface area contributed by atoms with Crippen LogP contribution in [0.2, 0.25) is 0 Å². The highest BCUT2D eigenvalue weighted by Crippen LogP contribution is 2.40. The summed E-state index contributed by atoms with van der Waals surface area (Å²) in [5.74, 6) is -0.981. The van der Waals surface area contributed by atoms with E-state index >= 15 is 0 Å². The summed E-state index contributed by atoms with van der Waals surface area (Å²) in [5, 5.41) is 34.6. The highest BCUT2D eigenvalue weighted by Gasteiger charge is 2.39. The van der Waals surface area contributed by atoms with Crippen LogP contribution in [0, 0.1) is 10.8 Å². The molecule has 5 nitrogen and oxygen atoms in total. The van der Waals surface area contributed by atoms with Crippen molar-refractivity contribution in [3.63, 3.8) is 0 Å². The fourth-order valence-corrected chi connectivity index (χ4v) is 1.06. The first-order valence-electron chi connectivity index (χ1n) is 5.38. The number of aliphatic hydroxyl groups is 3. The molecule has 0 aromatic heterocycles. The van der Waals surface area contributed by atoms with Gasteiger partial charge in [-0.3, -0.25) is 0 Å². The molecule has 0 heterocycles. The van der Waals surface area contributed by atoms with Gasteiger partial charge in [0.05, 0.1) is 13.2 Å². The zero-order valence-corrected chi connectivity index (χ0v) is 10.8. The van der Waals surface area contributed by atoms with Crippen molar-refractivity contribution in [2.24, 2.45) is 10.8 Å². The van der Waals surface area contributed by atoms with Crippen LogP contribution in [0.15, 0.2) is 12.7 Å². The first-order valence-corrected chi connectivity index (χ1v) is 5.38. The van der Waals surface area contributed by atoms with Crippen LogP contribution in [0.3, 0.4) is 0 Å². The molecule has 0 aliphatic rings. The molecule has 5 heteroatoms. The number of carbonyl (C=O) groups is 1. The van der Waals surface area contributed by atoms with Crippen LogP contribution in [-0.4, -0.2) is 46.2 Å². The van der Waals surface area contributed by atoms with Crippen molar-refractivity contribution in [1.82, 2.24) is 0 Å². The minimum absolute atomic E-state index is 0.0590. The van der Waals surface area contributed by atoms with Crippen LogP contribution >= 0.6 is 0 Å². The molecule has 0 radical (unpaired) electrons. The third-order valence-corrected chi connectivity index (χ3v) is 3.24. The molecule has 0 rings (SSSR count). The number of aliphatic hydroxyl groups excluding tert-OH is 3. The van der Waals surface area contributed by atoms with Crippen molar-refractivity contribution in [3.8, 4) is 0 Å². The van der Waals surface area contributed by atoms with Gasteiger partial charge in [-0.25, -0.2) is 4.79 Å². The van der Waals surface area contributed by atoms with Gasteiger partial charge in [-0.1, -0.05) is 27.4 Å². The Labute approximate surface area is 102 Å². The topological polar surface area (TPSA) is 98.0 Å². The number of carboxylic acid groups (broad SMARTS) is 1. The molecule has 0 aromatic rings. The third-order valence-electron chi connectivity index (χ3n) is 3.24. The van der Waals surface area contributed by atoms with E-state index in [-0.39, 0.29) is 25.2 Å². The molecule has 0 amide bonds. The maximum absolute atomic E-state index is 9.25. The molecule has 0 aliphatic carbocycles. The van der Waals surface area contributed by atoms with E-state index < -0.39 is 11.4 Å². The molecule has 0 aliphatic heterocycles. The Morgan fingerprint density at radius 2 is 1.53 bits per heavy atom. The van der Waals surface area contributed by atoms with E-state index in [0.29, 0.717) is 6.42 Å². The Morgan fingerprint density at radius 3 is 1.71 bits per heavy atom. The minimum atomic E-state index is -0.981. The molecule has 102 valence electrons. The summed E-state index contributed by atoms with van der Waals surface area (Å²) >= 11 is 0. The first kappa shape index (κ1) is 18.5. The number of carboxylic acids is 1. The zero-order valence-electron chi connectivity index (χ0n) is 10.8. The Kier molecular flexibility index (Phi) is 8.92. The van der Waals surface area contributed by atoms with Crippen LogP contribution in [-0.2, 0) is 4.79 Å². The van der Waals surface area contributed by atoms with E-state index in [1.807, 2.05) is 20.8 Å². The molecular formula is C12H24O5. The Bertz CT molecular complexity index is 231. The normalized spacial score (nSPS) is 11.4. The molecule has 0 atom stereocenters. The second-order valence-corrected chi connectivity index (χ2v) is 4.78. The molecule has 17 heavy (non-hydrogen) atoms. The Balaban J connectivity index is 0. The fourth-order valence-electron chi connectivity index (χ4n) is 1.06. The summed E-state index contributed by atoms with van der Waals surface area (Å²) in [6.45, 7) is 8.63. The standard InChI is InChI=1S/C9H20O3.C3H4O2/c1-8(2,4-5-10)9(3,6-11)7-12;1-2-3(4)5/h10-12H,4-7H2,1-3H3;2H,1H2,(H,4,5). The number of rotatable bonds is 6. The van der Waals surface area contributed by atoms with Gasteiger partial charge in [-0.2, -0.15) is 0 Å². The zero-order chi connectivity index (χ0) is 14.1. The van der Waals surface area contributed by atoms with Gasteiger partial charge in [0.25, 0.3) is 0 Å². The van der Waals surface area contributed by atoms with Gasteiger partial charge in [0.1, 0.15) is 0 Å². The smallest absolute Gasteiger partial charge is 0.327 e. The predicted molar refractivity (Wildman–Crippen MR) is 65.6 cm³/mol. The third kappa shape index (κ3) is 6.41. The quantitative estimate of drug-likeness (QED) is 0.517. The van der Waals surface area contributed by atoms with Crippen LogP contribution in [0.1, 0.15) is 27.2 Å². The van der Waals surface area contributed by atoms with Gasteiger partial charge < -0.3 is 20.4 Å². The lowest BCUT2D eigenvalue weighted by atomic mass is 9.66. The SMILES string of the molecule is C=CC(=O)O.CC(C)(CCO)C(C)(CO)CO. The van der Waals surface area contributed by atoms with E-state index in [0.717, 1.165) is 6.08 Å². The van der Waals surface area contributed by atoms with Gasteiger partial charge in [0, 0.05) is 18.1 Å². The van der Waals surface area contributed by atoms with Crippen LogP contribution in [0.5, 0.6) is 0 Å². The summed E-state index contributed by atoms with van der Waals surface area (Å²) in [4.78, 5) is 9.25. The second kappa shape index (κ2) is 8.22. The molecular weight excluding hydrogens is 224 g/mol. The van der Waals surface area contributed by atoms with E-state index in [4.69, 9.17) is 20.4 Å². The summed E-state index contributed by atoms with van der Waals surface area (Å²) in [5.41, 5.74) is -0.763. The maximum Gasteiger partial charge on any atom is 0.327 e. The van der Waals surface area contributed by atoms with Crippen LogP contribution in [0.4, 0.5) is 0 Å². The monoisotopic (exact) mass is 248 g/mol. The van der Waals surface area contributed by atoms with Crippen molar-refractivity contribution in [2.45, 2.75) is 27.2 Å².